The fourth-order valence-corrected chi connectivity index (χ4v) is 0.151. The van der Waals surface area contributed by atoms with Crippen molar-refractivity contribution in [2.45, 2.75) is 0 Å². The van der Waals surface area contributed by atoms with Crippen molar-refractivity contribution >= 4 is 35.5 Å². The van der Waals surface area contributed by atoms with Gasteiger partial charge in [0.05, 0.1) is 6.54 Å². The predicted molar refractivity (Wildman–Crippen MR) is 28.7 cm³/mol. The first-order valence-electron chi connectivity index (χ1n) is 1.63. The summed E-state index contributed by atoms with van der Waals surface area (Å²) in [5.41, 5.74) is 0. The Hall–Kier alpha value is 0.949. The van der Waals surface area contributed by atoms with Crippen molar-refractivity contribution in [1.82, 2.24) is 5.32 Å². The van der Waals surface area contributed by atoms with Gasteiger partial charge >= 0.3 is 35.5 Å². The molecule has 0 bridgehead atoms. The standard InChI is InChI=1S/C3H7NO2.Fe.Na.H/c1-4-2-3(5)6;;;/h4H,2H2,1H3,(H,5,6);;;. The molecule has 0 radical (unpaired) electrons. The second-order valence-corrected chi connectivity index (χ2v) is 0.924. The fraction of sp³-hybridized carbons (Fsp3) is 0.667. The van der Waals surface area contributed by atoms with Gasteiger partial charge in [-0.1, -0.05) is 0 Å². The molecule has 8 heavy (non-hydrogen) atoms. The quantitative estimate of drug-likeness (QED) is 0.502. The molecule has 0 atom stereocenters. The summed E-state index contributed by atoms with van der Waals surface area (Å²) in [7, 11) is 1.59. The summed E-state index contributed by atoms with van der Waals surface area (Å²) in [5, 5.41) is 10.3. The van der Waals surface area contributed by atoms with Crippen LogP contribution in [0.2, 0.25) is 0 Å². The molecule has 46 valence electrons. The Balaban J connectivity index is -0.000000125. The van der Waals surface area contributed by atoms with E-state index in [0.29, 0.717) is 0 Å². The van der Waals surface area contributed by atoms with Gasteiger partial charge in [0.2, 0.25) is 0 Å². The molecule has 0 aromatic carbocycles. The van der Waals surface area contributed by atoms with Crippen LogP contribution in [0.5, 0.6) is 0 Å². The molecule has 5 heteroatoms. The van der Waals surface area contributed by atoms with Crippen molar-refractivity contribution in [2.75, 3.05) is 13.6 Å². The van der Waals surface area contributed by atoms with Crippen LogP contribution in [-0.2, 0) is 21.9 Å². The van der Waals surface area contributed by atoms with Crippen LogP contribution in [0.25, 0.3) is 0 Å². The van der Waals surface area contributed by atoms with Crippen LogP contribution in [0.4, 0.5) is 0 Å². The van der Waals surface area contributed by atoms with E-state index in [1.54, 1.807) is 7.05 Å². The summed E-state index contributed by atoms with van der Waals surface area (Å²) >= 11 is 0. The van der Waals surface area contributed by atoms with Gasteiger partial charge in [0.25, 0.3) is 0 Å². The molecule has 0 rings (SSSR count). The normalized spacial score (nSPS) is 6.12. The van der Waals surface area contributed by atoms with Gasteiger partial charge in [0.15, 0.2) is 0 Å². The average molecular weight is 169 g/mol. The van der Waals surface area contributed by atoms with Gasteiger partial charge in [-0.2, -0.15) is 0 Å². The number of carboxylic acid groups (broad SMARTS) is 1. The van der Waals surface area contributed by atoms with E-state index in [9.17, 15) is 4.79 Å². The predicted octanol–water partition coefficient (Wildman–Crippen LogP) is -1.36. The molecule has 0 aromatic heterocycles. The molecule has 0 aliphatic rings. The number of hydrogen-bond donors (Lipinski definition) is 2. The second-order valence-electron chi connectivity index (χ2n) is 0.924. The number of likely N-dealkylation sites (N-methyl/N-ethyl adjacent to an activating group) is 1. The number of carboxylic acids is 1. The summed E-state index contributed by atoms with van der Waals surface area (Å²) in [6.07, 6.45) is 0. The van der Waals surface area contributed by atoms with Crippen LogP contribution in [-0.4, -0.2) is 54.2 Å². The minimum absolute atomic E-state index is 0. The van der Waals surface area contributed by atoms with E-state index in [2.05, 4.69) is 5.32 Å². The van der Waals surface area contributed by atoms with Crippen LogP contribution in [0.1, 0.15) is 0 Å². The Morgan fingerprint density at radius 2 is 2.12 bits per heavy atom. The van der Waals surface area contributed by atoms with Gasteiger partial charge in [0, 0.05) is 17.1 Å². The first kappa shape index (κ1) is 16.0. The molecule has 3 nitrogen and oxygen atoms in total. The van der Waals surface area contributed by atoms with Crippen molar-refractivity contribution in [3.63, 3.8) is 0 Å². The number of rotatable bonds is 2. The maximum atomic E-state index is 9.54. The van der Waals surface area contributed by atoms with Crippen molar-refractivity contribution in [1.29, 1.82) is 0 Å². The monoisotopic (exact) mass is 169 g/mol. The zero-order chi connectivity index (χ0) is 4.99. The fourth-order valence-electron chi connectivity index (χ4n) is 0.151. The van der Waals surface area contributed by atoms with Crippen molar-refractivity contribution < 1.29 is 27.0 Å². The molecule has 0 heterocycles. The third-order valence-corrected chi connectivity index (χ3v) is 0.328. The van der Waals surface area contributed by atoms with E-state index < -0.39 is 5.97 Å². The molecule has 2 N–H and O–H groups in total. The van der Waals surface area contributed by atoms with Gasteiger partial charge < -0.3 is 10.4 Å². The molecule has 0 aliphatic heterocycles. The van der Waals surface area contributed by atoms with Gasteiger partial charge in [-0.25, -0.2) is 0 Å². The van der Waals surface area contributed by atoms with E-state index in [1.165, 1.54) is 0 Å². The Morgan fingerprint density at radius 1 is 1.75 bits per heavy atom. The van der Waals surface area contributed by atoms with Crippen LogP contribution < -0.4 is 5.32 Å². The summed E-state index contributed by atoms with van der Waals surface area (Å²) < 4.78 is 0. The van der Waals surface area contributed by atoms with Gasteiger partial charge in [-0.3, -0.25) is 4.79 Å². The number of nitrogens with one attached hydrogen (secondary N) is 1. The average Bonchev–Trinajstić information content (AvgIpc) is 1.35. The topological polar surface area (TPSA) is 49.3 Å². The maximum absolute atomic E-state index is 9.54. The van der Waals surface area contributed by atoms with Crippen LogP contribution in [0.3, 0.4) is 0 Å². The summed E-state index contributed by atoms with van der Waals surface area (Å²) in [6, 6.07) is 0. The first-order chi connectivity index (χ1) is 2.77. The summed E-state index contributed by atoms with van der Waals surface area (Å²) in [4.78, 5) is 9.54. The molecular formula is C3H8FeNNaO2. The summed E-state index contributed by atoms with van der Waals surface area (Å²) in [5.74, 6) is -0.822. The zero-order valence-electron chi connectivity index (χ0n) is 3.92. The minimum atomic E-state index is -0.822. The van der Waals surface area contributed by atoms with Crippen LogP contribution >= 0.6 is 0 Å². The van der Waals surface area contributed by atoms with Gasteiger partial charge in [-0.05, 0) is 7.05 Å². The van der Waals surface area contributed by atoms with Gasteiger partial charge in [0.1, 0.15) is 0 Å². The molecule has 0 aromatic rings. The molecule has 0 amide bonds. The third-order valence-electron chi connectivity index (χ3n) is 0.328. The Kier molecular flexibility index (Phi) is 21.7. The van der Waals surface area contributed by atoms with E-state index >= 15 is 0 Å². The first-order valence-corrected chi connectivity index (χ1v) is 1.63. The summed E-state index contributed by atoms with van der Waals surface area (Å²) in [6.45, 7) is 0.0417. The van der Waals surface area contributed by atoms with Crippen molar-refractivity contribution in [3.05, 3.63) is 0 Å². The molecule has 0 spiro atoms. The molecule has 0 aliphatic carbocycles. The number of carbonyl (C=O) groups is 1. The van der Waals surface area contributed by atoms with E-state index in [1.807, 2.05) is 0 Å². The van der Waals surface area contributed by atoms with Crippen molar-refractivity contribution in [3.8, 4) is 0 Å². The van der Waals surface area contributed by atoms with E-state index in [4.69, 9.17) is 5.11 Å². The zero-order valence-corrected chi connectivity index (χ0v) is 5.02. The third kappa shape index (κ3) is 15.8. The molecule has 0 unspecified atom stereocenters. The SMILES string of the molecule is CNCC(=O)O.[Fe].[NaH]. The number of hydrogen-bond acceptors (Lipinski definition) is 2. The van der Waals surface area contributed by atoms with E-state index in [0.717, 1.165) is 0 Å². The molecular weight excluding hydrogens is 161 g/mol. The number of aliphatic carboxylic acids is 1. The van der Waals surface area contributed by atoms with E-state index in [-0.39, 0.29) is 53.2 Å². The molecule has 0 saturated heterocycles. The van der Waals surface area contributed by atoms with Crippen LogP contribution in [0, 0.1) is 0 Å². The Bertz CT molecular complexity index is 61.2. The second kappa shape index (κ2) is 10.8. The Morgan fingerprint density at radius 3 is 2.12 bits per heavy atom. The molecule has 0 saturated carbocycles. The van der Waals surface area contributed by atoms with Crippen LogP contribution in [0.15, 0.2) is 0 Å². The molecule has 0 fully saturated rings. The van der Waals surface area contributed by atoms with Crippen molar-refractivity contribution in [2.24, 2.45) is 0 Å². The Labute approximate surface area is 81.0 Å². The van der Waals surface area contributed by atoms with Gasteiger partial charge in [-0.15, -0.1) is 0 Å².